The zero-order valence-corrected chi connectivity index (χ0v) is 13.7. The molecule has 0 saturated heterocycles. The molecule has 1 aromatic heterocycles. The van der Waals surface area contributed by atoms with E-state index in [0.717, 1.165) is 24.2 Å². The number of carbonyl (C=O) groups is 2. The van der Waals surface area contributed by atoms with Crippen molar-refractivity contribution in [1.82, 2.24) is 15.1 Å². The number of unbranched alkanes of at least 4 members (excludes halogenated alkanes) is 1. The molecule has 0 aliphatic rings. The van der Waals surface area contributed by atoms with Gasteiger partial charge in [-0.25, -0.2) is 4.68 Å². The zero-order valence-electron chi connectivity index (χ0n) is 13.7. The molecule has 0 unspecified atom stereocenters. The molecular weight excluding hydrogens is 292 g/mol. The lowest BCUT2D eigenvalue weighted by atomic mass is 10.2. The van der Waals surface area contributed by atoms with Crippen LogP contribution in [0.25, 0.3) is 5.69 Å². The summed E-state index contributed by atoms with van der Waals surface area (Å²) < 4.78 is 1.65. The van der Waals surface area contributed by atoms with Crippen molar-refractivity contribution in [2.75, 3.05) is 11.9 Å². The predicted molar refractivity (Wildman–Crippen MR) is 89.8 cm³/mol. The van der Waals surface area contributed by atoms with Crippen molar-refractivity contribution < 1.29 is 9.59 Å². The van der Waals surface area contributed by atoms with Gasteiger partial charge in [-0.05, 0) is 37.6 Å². The molecule has 0 atom stereocenters. The highest BCUT2D eigenvalue weighted by Gasteiger charge is 2.10. The summed E-state index contributed by atoms with van der Waals surface area (Å²) in [5.41, 5.74) is 2.19. The average molecular weight is 314 g/mol. The minimum absolute atomic E-state index is 0.0799. The average Bonchev–Trinajstić information content (AvgIpc) is 2.87. The summed E-state index contributed by atoms with van der Waals surface area (Å²) in [6, 6.07) is 8.93. The Morgan fingerprint density at radius 3 is 2.52 bits per heavy atom. The van der Waals surface area contributed by atoms with Gasteiger partial charge >= 0.3 is 0 Å². The summed E-state index contributed by atoms with van der Waals surface area (Å²) >= 11 is 0. The highest BCUT2D eigenvalue weighted by molar-refractivity contribution is 5.94. The lowest BCUT2D eigenvalue weighted by Crippen LogP contribution is -2.24. The van der Waals surface area contributed by atoms with Gasteiger partial charge in [0.25, 0.3) is 5.91 Å². The molecule has 23 heavy (non-hydrogen) atoms. The molecule has 0 saturated carbocycles. The Bertz CT molecular complexity index is 689. The number of benzene rings is 1. The Kier molecular flexibility index (Phi) is 5.51. The Morgan fingerprint density at radius 2 is 1.91 bits per heavy atom. The van der Waals surface area contributed by atoms with Crippen LogP contribution >= 0.6 is 0 Å². The molecule has 0 bridgehead atoms. The van der Waals surface area contributed by atoms with Crippen molar-refractivity contribution in [1.29, 1.82) is 0 Å². The van der Waals surface area contributed by atoms with Crippen LogP contribution in [0.5, 0.6) is 0 Å². The smallest absolute Gasteiger partial charge is 0.251 e. The van der Waals surface area contributed by atoms with Crippen molar-refractivity contribution >= 4 is 17.6 Å². The summed E-state index contributed by atoms with van der Waals surface area (Å²) in [6.07, 6.45) is 2.01. The second kappa shape index (κ2) is 7.58. The van der Waals surface area contributed by atoms with Crippen LogP contribution in [0, 0.1) is 6.92 Å². The molecule has 0 fully saturated rings. The molecule has 1 aromatic carbocycles. The number of anilines is 1. The number of nitrogens with one attached hydrogen (secondary N) is 2. The normalized spacial score (nSPS) is 10.4. The molecule has 6 nitrogen and oxygen atoms in total. The van der Waals surface area contributed by atoms with Crippen LogP contribution in [-0.2, 0) is 4.79 Å². The number of amides is 2. The van der Waals surface area contributed by atoms with Gasteiger partial charge < -0.3 is 10.6 Å². The van der Waals surface area contributed by atoms with E-state index in [1.165, 1.54) is 6.92 Å². The first-order valence-corrected chi connectivity index (χ1v) is 7.74. The Hall–Kier alpha value is -2.63. The van der Waals surface area contributed by atoms with Crippen molar-refractivity contribution in [2.24, 2.45) is 0 Å². The van der Waals surface area contributed by atoms with E-state index in [1.807, 2.05) is 19.1 Å². The highest BCUT2D eigenvalue weighted by Crippen LogP contribution is 2.17. The third-order valence-corrected chi connectivity index (χ3v) is 3.33. The van der Waals surface area contributed by atoms with E-state index in [-0.39, 0.29) is 11.8 Å². The molecule has 6 heteroatoms. The molecule has 0 aliphatic carbocycles. The fraction of sp³-hybridized carbons (Fsp3) is 0.353. The van der Waals surface area contributed by atoms with Gasteiger partial charge in [-0.15, -0.1) is 0 Å². The first-order chi connectivity index (χ1) is 11.0. The lowest BCUT2D eigenvalue weighted by molar-refractivity contribution is -0.114. The third-order valence-electron chi connectivity index (χ3n) is 3.33. The molecule has 0 radical (unpaired) electrons. The van der Waals surface area contributed by atoms with Gasteiger partial charge in [0.15, 0.2) is 0 Å². The van der Waals surface area contributed by atoms with Crippen LogP contribution in [0.4, 0.5) is 5.82 Å². The topological polar surface area (TPSA) is 76.0 Å². The van der Waals surface area contributed by atoms with E-state index in [2.05, 4.69) is 22.7 Å². The van der Waals surface area contributed by atoms with Gasteiger partial charge in [-0.3, -0.25) is 9.59 Å². The van der Waals surface area contributed by atoms with Crippen molar-refractivity contribution in [3.05, 3.63) is 41.6 Å². The SMILES string of the molecule is CCCCNC(=O)c1ccc(-n2nc(C)cc2NC(C)=O)cc1. The number of aryl methyl sites for hydroxylation is 1. The van der Waals surface area contributed by atoms with Gasteiger partial charge in [-0.1, -0.05) is 13.3 Å². The largest absolute Gasteiger partial charge is 0.352 e. The summed E-state index contributed by atoms with van der Waals surface area (Å²) in [5, 5.41) is 10.00. The van der Waals surface area contributed by atoms with Gasteiger partial charge in [0.05, 0.1) is 11.4 Å². The number of carbonyl (C=O) groups excluding carboxylic acids is 2. The third kappa shape index (κ3) is 4.42. The monoisotopic (exact) mass is 314 g/mol. The van der Waals surface area contributed by atoms with Crippen LogP contribution in [0.3, 0.4) is 0 Å². The minimum atomic E-state index is -0.155. The number of hydrogen-bond acceptors (Lipinski definition) is 3. The van der Waals surface area contributed by atoms with Crippen LogP contribution in [0.15, 0.2) is 30.3 Å². The van der Waals surface area contributed by atoms with Crippen LogP contribution in [0.2, 0.25) is 0 Å². The molecule has 2 N–H and O–H groups in total. The Balaban J connectivity index is 2.16. The molecule has 2 amide bonds. The quantitative estimate of drug-likeness (QED) is 0.805. The second-order valence-electron chi connectivity index (χ2n) is 5.42. The van der Waals surface area contributed by atoms with E-state index in [0.29, 0.717) is 17.9 Å². The number of aromatic nitrogens is 2. The maximum Gasteiger partial charge on any atom is 0.251 e. The molecule has 0 spiro atoms. The molecule has 2 aromatic rings. The van der Waals surface area contributed by atoms with Gasteiger partial charge in [-0.2, -0.15) is 5.10 Å². The first-order valence-electron chi connectivity index (χ1n) is 7.74. The lowest BCUT2D eigenvalue weighted by Gasteiger charge is -2.09. The van der Waals surface area contributed by atoms with E-state index in [9.17, 15) is 9.59 Å². The van der Waals surface area contributed by atoms with E-state index in [4.69, 9.17) is 0 Å². The fourth-order valence-corrected chi connectivity index (χ4v) is 2.20. The number of nitrogens with zero attached hydrogens (tertiary/aromatic N) is 2. The molecule has 1 heterocycles. The first kappa shape index (κ1) is 16.7. The van der Waals surface area contributed by atoms with Gasteiger partial charge in [0, 0.05) is 25.1 Å². The van der Waals surface area contributed by atoms with Crippen molar-refractivity contribution in [2.45, 2.75) is 33.6 Å². The van der Waals surface area contributed by atoms with E-state index in [1.54, 1.807) is 22.9 Å². The zero-order chi connectivity index (χ0) is 16.8. The van der Waals surface area contributed by atoms with Gasteiger partial charge in [0.1, 0.15) is 5.82 Å². The fourth-order valence-electron chi connectivity index (χ4n) is 2.20. The van der Waals surface area contributed by atoms with Crippen LogP contribution in [-0.4, -0.2) is 28.1 Å². The van der Waals surface area contributed by atoms with Crippen LogP contribution in [0.1, 0.15) is 42.7 Å². The molecule has 0 aliphatic heterocycles. The molecule has 122 valence electrons. The summed E-state index contributed by atoms with van der Waals surface area (Å²) in [5.74, 6) is 0.372. The van der Waals surface area contributed by atoms with Crippen molar-refractivity contribution in [3.63, 3.8) is 0 Å². The highest BCUT2D eigenvalue weighted by atomic mass is 16.2. The molecular formula is C17H22N4O2. The van der Waals surface area contributed by atoms with E-state index < -0.39 is 0 Å². The summed E-state index contributed by atoms with van der Waals surface area (Å²) in [7, 11) is 0. The predicted octanol–water partition coefficient (Wildman–Crippen LogP) is 2.67. The number of rotatable bonds is 6. The number of hydrogen-bond donors (Lipinski definition) is 2. The summed E-state index contributed by atoms with van der Waals surface area (Å²) in [6.45, 7) is 6.08. The van der Waals surface area contributed by atoms with Gasteiger partial charge in [0.2, 0.25) is 5.91 Å². The maximum atomic E-state index is 12.0. The second-order valence-corrected chi connectivity index (χ2v) is 5.42. The van der Waals surface area contributed by atoms with E-state index >= 15 is 0 Å². The van der Waals surface area contributed by atoms with Crippen LogP contribution < -0.4 is 10.6 Å². The summed E-state index contributed by atoms with van der Waals surface area (Å²) in [4.78, 5) is 23.3. The standard InChI is InChI=1S/C17H22N4O2/c1-4-5-10-18-17(23)14-6-8-15(9-7-14)21-16(19-13(3)22)11-12(2)20-21/h6-9,11H,4-5,10H2,1-3H3,(H,18,23)(H,19,22). The molecule has 2 rings (SSSR count). The maximum absolute atomic E-state index is 12.0. The Morgan fingerprint density at radius 1 is 1.22 bits per heavy atom. The van der Waals surface area contributed by atoms with Crippen molar-refractivity contribution in [3.8, 4) is 5.69 Å². The minimum Gasteiger partial charge on any atom is -0.352 e. The Labute approximate surface area is 135 Å².